The number of piperazine rings is 1. The first-order valence-corrected chi connectivity index (χ1v) is 10.0. The van der Waals surface area contributed by atoms with Gasteiger partial charge in [0.15, 0.2) is 5.65 Å². The van der Waals surface area contributed by atoms with E-state index < -0.39 is 5.82 Å². The Labute approximate surface area is 174 Å². The molecule has 0 unspecified atom stereocenters. The molecule has 8 heteroatoms. The monoisotopic (exact) mass is 409 g/mol. The van der Waals surface area contributed by atoms with Gasteiger partial charge < -0.3 is 9.80 Å². The molecule has 4 rings (SSSR count). The van der Waals surface area contributed by atoms with E-state index in [-0.39, 0.29) is 23.4 Å². The minimum Gasteiger partial charge on any atom is -0.335 e. The number of aromatic nitrogens is 3. The van der Waals surface area contributed by atoms with Gasteiger partial charge in [0.25, 0.3) is 11.8 Å². The lowest BCUT2D eigenvalue weighted by molar-refractivity contribution is 0.0534. The van der Waals surface area contributed by atoms with Crippen molar-refractivity contribution in [1.82, 2.24) is 24.6 Å². The molecule has 0 atom stereocenters. The van der Waals surface area contributed by atoms with Crippen LogP contribution in [0.4, 0.5) is 4.39 Å². The number of carbonyl (C=O) groups excluding carboxylic acids is 2. The molecule has 156 valence electrons. The molecule has 0 bridgehead atoms. The third kappa shape index (κ3) is 3.53. The predicted octanol–water partition coefficient (Wildman–Crippen LogP) is 3.06. The number of hydrogen-bond acceptors (Lipinski definition) is 4. The number of halogens is 1. The predicted molar refractivity (Wildman–Crippen MR) is 111 cm³/mol. The lowest BCUT2D eigenvalue weighted by Gasteiger charge is -2.35. The van der Waals surface area contributed by atoms with Crippen molar-refractivity contribution < 1.29 is 14.0 Å². The molecule has 0 spiro atoms. The Balaban J connectivity index is 1.53. The average Bonchev–Trinajstić information content (AvgIpc) is 3.16. The lowest BCUT2D eigenvalue weighted by Crippen LogP contribution is -2.50. The number of fused-ring (bicyclic) bond motifs is 1. The van der Waals surface area contributed by atoms with Gasteiger partial charge >= 0.3 is 0 Å². The van der Waals surface area contributed by atoms with Crippen LogP contribution in [0.2, 0.25) is 0 Å². The average molecular weight is 409 g/mol. The highest BCUT2D eigenvalue weighted by Gasteiger charge is 2.28. The van der Waals surface area contributed by atoms with E-state index in [0.717, 1.165) is 11.1 Å². The number of pyridine rings is 1. The quantitative estimate of drug-likeness (QED) is 0.667. The molecule has 2 amide bonds. The molecule has 2 aromatic heterocycles. The van der Waals surface area contributed by atoms with Gasteiger partial charge in [-0.2, -0.15) is 5.10 Å². The smallest absolute Gasteiger partial charge is 0.256 e. The molecule has 1 aliphatic rings. The maximum absolute atomic E-state index is 13.9. The molecule has 30 heavy (non-hydrogen) atoms. The Morgan fingerprint density at radius 1 is 1.00 bits per heavy atom. The third-order valence-corrected chi connectivity index (χ3v) is 5.37. The summed E-state index contributed by atoms with van der Waals surface area (Å²) in [4.78, 5) is 33.7. The van der Waals surface area contributed by atoms with Crippen LogP contribution in [0.25, 0.3) is 11.0 Å². The van der Waals surface area contributed by atoms with E-state index in [4.69, 9.17) is 0 Å². The van der Waals surface area contributed by atoms with Gasteiger partial charge in [-0.3, -0.25) is 9.59 Å². The first-order valence-electron chi connectivity index (χ1n) is 10.0. The van der Waals surface area contributed by atoms with Crippen LogP contribution < -0.4 is 0 Å². The van der Waals surface area contributed by atoms with E-state index in [1.54, 1.807) is 34.2 Å². The zero-order valence-electron chi connectivity index (χ0n) is 17.3. The minimum atomic E-state index is -0.530. The van der Waals surface area contributed by atoms with Crippen LogP contribution in [0.3, 0.4) is 0 Å². The van der Waals surface area contributed by atoms with Crippen molar-refractivity contribution >= 4 is 22.8 Å². The number of aryl methyl sites for hydroxylation is 1. The molecule has 1 aromatic carbocycles. The normalized spacial score (nSPS) is 14.6. The zero-order chi connectivity index (χ0) is 21.4. The molecule has 1 fully saturated rings. The summed E-state index contributed by atoms with van der Waals surface area (Å²) >= 11 is 0. The molecule has 0 radical (unpaired) electrons. The summed E-state index contributed by atoms with van der Waals surface area (Å²) in [5, 5.41) is 5.12. The van der Waals surface area contributed by atoms with Gasteiger partial charge in [0, 0.05) is 37.9 Å². The molecule has 0 saturated carbocycles. The zero-order valence-corrected chi connectivity index (χ0v) is 17.3. The second-order valence-electron chi connectivity index (χ2n) is 7.80. The van der Waals surface area contributed by atoms with Crippen molar-refractivity contribution in [3.05, 3.63) is 59.2 Å². The van der Waals surface area contributed by atoms with Crippen LogP contribution in [0.1, 0.15) is 46.3 Å². The standard InChI is InChI=1S/C22H24FN5O2/c1-14(2)28-20-18(13-24-28)17(12-15(3)25-20)22(30)27-10-8-26(9-11-27)21(29)16-6-4-5-7-19(16)23/h4-7,12-14H,8-11H2,1-3H3. The van der Waals surface area contributed by atoms with E-state index >= 15 is 0 Å². The molecule has 0 N–H and O–H groups in total. The Morgan fingerprint density at radius 2 is 1.60 bits per heavy atom. The SMILES string of the molecule is Cc1cc(C(=O)N2CCN(C(=O)c3ccccc3F)CC2)c2cnn(C(C)C)c2n1. The largest absolute Gasteiger partial charge is 0.335 e. The minimum absolute atomic E-state index is 0.0600. The van der Waals surface area contributed by atoms with Crippen LogP contribution >= 0.6 is 0 Å². The highest BCUT2D eigenvalue weighted by atomic mass is 19.1. The van der Waals surface area contributed by atoms with Crippen LogP contribution in [0, 0.1) is 12.7 Å². The van der Waals surface area contributed by atoms with Crippen molar-refractivity contribution in [2.45, 2.75) is 26.8 Å². The molecule has 3 heterocycles. The van der Waals surface area contributed by atoms with E-state index in [2.05, 4.69) is 10.1 Å². The highest BCUT2D eigenvalue weighted by Crippen LogP contribution is 2.23. The van der Waals surface area contributed by atoms with Gasteiger partial charge in [0.05, 0.1) is 22.7 Å². The van der Waals surface area contributed by atoms with Gasteiger partial charge in [-0.05, 0) is 39.0 Å². The van der Waals surface area contributed by atoms with Crippen molar-refractivity contribution in [1.29, 1.82) is 0 Å². The number of nitrogens with zero attached hydrogens (tertiary/aromatic N) is 5. The molecule has 1 aliphatic heterocycles. The van der Waals surface area contributed by atoms with E-state index in [0.29, 0.717) is 37.4 Å². The van der Waals surface area contributed by atoms with E-state index in [9.17, 15) is 14.0 Å². The first-order chi connectivity index (χ1) is 14.4. The summed E-state index contributed by atoms with van der Waals surface area (Å²) in [6.45, 7) is 7.39. The van der Waals surface area contributed by atoms with Gasteiger partial charge in [-0.25, -0.2) is 14.1 Å². The maximum Gasteiger partial charge on any atom is 0.256 e. The maximum atomic E-state index is 13.9. The van der Waals surface area contributed by atoms with Gasteiger partial charge in [-0.1, -0.05) is 12.1 Å². The number of amides is 2. The molecule has 1 saturated heterocycles. The van der Waals surface area contributed by atoms with E-state index in [1.807, 2.05) is 25.5 Å². The number of carbonyl (C=O) groups is 2. The molecule has 7 nitrogen and oxygen atoms in total. The number of rotatable bonds is 3. The fourth-order valence-electron chi connectivity index (χ4n) is 3.79. The summed E-state index contributed by atoms with van der Waals surface area (Å²) in [5.74, 6) is -0.981. The van der Waals surface area contributed by atoms with Crippen LogP contribution in [-0.4, -0.2) is 62.6 Å². The second-order valence-corrected chi connectivity index (χ2v) is 7.80. The van der Waals surface area contributed by atoms with Crippen molar-refractivity contribution in [3.8, 4) is 0 Å². The second kappa shape index (κ2) is 7.85. The summed E-state index contributed by atoms with van der Waals surface area (Å²) in [6.07, 6.45) is 1.69. The Kier molecular flexibility index (Phi) is 5.24. The fourth-order valence-corrected chi connectivity index (χ4v) is 3.79. The Morgan fingerprint density at radius 3 is 2.20 bits per heavy atom. The summed E-state index contributed by atoms with van der Waals surface area (Å²) in [6, 6.07) is 7.88. The summed E-state index contributed by atoms with van der Waals surface area (Å²) < 4.78 is 15.7. The van der Waals surface area contributed by atoms with Crippen molar-refractivity contribution in [3.63, 3.8) is 0 Å². The molecular weight excluding hydrogens is 385 g/mol. The van der Waals surface area contributed by atoms with Gasteiger partial charge in [0.2, 0.25) is 0 Å². The summed E-state index contributed by atoms with van der Waals surface area (Å²) in [7, 11) is 0. The third-order valence-electron chi connectivity index (χ3n) is 5.37. The van der Waals surface area contributed by atoms with Crippen molar-refractivity contribution in [2.24, 2.45) is 0 Å². The van der Waals surface area contributed by atoms with Gasteiger partial charge in [0.1, 0.15) is 5.82 Å². The molecule has 0 aliphatic carbocycles. The Bertz CT molecular complexity index is 1120. The van der Waals surface area contributed by atoms with Crippen molar-refractivity contribution in [2.75, 3.05) is 26.2 Å². The molecular formula is C22H24FN5O2. The van der Waals surface area contributed by atoms with E-state index in [1.165, 1.54) is 12.1 Å². The van der Waals surface area contributed by atoms with Crippen LogP contribution in [-0.2, 0) is 0 Å². The van der Waals surface area contributed by atoms with Crippen LogP contribution in [0.5, 0.6) is 0 Å². The topological polar surface area (TPSA) is 71.3 Å². The number of hydrogen-bond donors (Lipinski definition) is 0. The first kappa shape index (κ1) is 20.0. The highest BCUT2D eigenvalue weighted by molar-refractivity contribution is 6.05. The van der Waals surface area contributed by atoms with Crippen LogP contribution in [0.15, 0.2) is 36.5 Å². The lowest BCUT2D eigenvalue weighted by atomic mass is 10.1. The number of benzene rings is 1. The molecule has 3 aromatic rings. The Hall–Kier alpha value is -3.29. The summed E-state index contributed by atoms with van der Waals surface area (Å²) in [5.41, 5.74) is 2.08. The fraction of sp³-hybridized carbons (Fsp3) is 0.364. The van der Waals surface area contributed by atoms with Gasteiger partial charge in [-0.15, -0.1) is 0 Å².